The van der Waals surface area contributed by atoms with Crippen molar-refractivity contribution in [2.75, 3.05) is 20.2 Å². The summed E-state index contributed by atoms with van der Waals surface area (Å²) in [6.07, 6.45) is 4.76. The summed E-state index contributed by atoms with van der Waals surface area (Å²) in [6.45, 7) is 1.05. The molecule has 1 saturated heterocycles. The van der Waals surface area contributed by atoms with Gasteiger partial charge in [0.25, 0.3) is 11.8 Å². The molecule has 1 aliphatic heterocycles. The molecule has 1 aliphatic carbocycles. The van der Waals surface area contributed by atoms with Crippen molar-refractivity contribution < 1.29 is 23.5 Å². The third kappa shape index (κ3) is 6.18. The van der Waals surface area contributed by atoms with Crippen LogP contribution in [-0.4, -0.2) is 54.9 Å². The molecule has 3 amide bonds. The van der Waals surface area contributed by atoms with Crippen LogP contribution < -0.4 is 15.4 Å². The van der Waals surface area contributed by atoms with Crippen molar-refractivity contribution in [2.45, 2.75) is 50.6 Å². The van der Waals surface area contributed by atoms with Gasteiger partial charge in [-0.3, -0.25) is 14.4 Å². The lowest BCUT2D eigenvalue weighted by molar-refractivity contribution is -0.127. The van der Waals surface area contributed by atoms with E-state index in [1.807, 2.05) is 0 Å². The number of nitrogens with zero attached hydrogens (tertiary/aromatic N) is 1. The molecular formula is C27H32FN3O4. The Bertz CT molecular complexity index is 1030. The van der Waals surface area contributed by atoms with Crippen molar-refractivity contribution >= 4 is 17.7 Å². The Morgan fingerprint density at radius 2 is 1.40 bits per heavy atom. The van der Waals surface area contributed by atoms with Crippen molar-refractivity contribution in [3.63, 3.8) is 0 Å². The highest BCUT2D eigenvalue weighted by Gasteiger charge is 2.32. The van der Waals surface area contributed by atoms with Crippen molar-refractivity contribution in [2.24, 2.45) is 5.92 Å². The van der Waals surface area contributed by atoms with Gasteiger partial charge >= 0.3 is 0 Å². The average Bonchev–Trinajstić information content (AvgIpc) is 2.90. The Hall–Kier alpha value is -3.42. The van der Waals surface area contributed by atoms with Gasteiger partial charge in [0, 0.05) is 42.2 Å². The zero-order chi connectivity index (χ0) is 24.8. The maximum atomic E-state index is 13.2. The van der Waals surface area contributed by atoms with E-state index in [1.165, 1.54) is 24.3 Å². The fourth-order valence-corrected chi connectivity index (χ4v) is 4.89. The number of hydrogen-bond acceptors (Lipinski definition) is 4. The number of ether oxygens (including phenoxy) is 1. The Morgan fingerprint density at radius 1 is 0.829 bits per heavy atom. The summed E-state index contributed by atoms with van der Waals surface area (Å²) in [6, 6.07) is 12.2. The highest BCUT2D eigenvalue weighted by molar-refractivity contribution is 5.95. The second kappa shape index (κ2) is 11.3. The molecule has 0 radical (unpaired) electrons. The molecule has 7 nitrogen and oxygen atoms in total. The average molecular weight is 482 g/mol. The maximum absolute atomic E-state index is 13.2. The van der Waals surface area contributed by atoms with Gasteiger partial charge in [-0.05, 0) is 74.2 Å². The first-order valence-electron chi connectivity index (χ1n) is 12.2. The molecule has 2 aliphatic rings. The standard InChI is InChI=1S/C27H32FN3O4/c1-35-22-12-8-20(9-13-22)27(34)31-16-14-19(15-17-31)26(33)30-24-5-3-2-4-23(24)29-25(32)18-6-10-21(28)11-7-18/h6-13,19,23-24H,2-5,14-17H2,1H3,(H,29,32)(H,30,33)/t23-,24?/m1/s1. The highest BCUT2D eigenvalue weighted by Crippen LogP contribution is 2.23. The van der Waals surface area contributed by atoms with Crippen LogP contribution in [0.15, 0.2) is 48.5 Å². The number of piperidine rings is 1. The van der Waals surface area contributed by atoms with E-state index in [1.54, 1.807) is 36.3 Å². The lowest BCUT2D eigenvalue weighted by Gasteiger charge is -2.36. The third-order valence-electron chi connectivity index (χ3n) is 7.01. The van der Waals surface area contributed by atoms with Gasteiger partial charge in [-0.25, -0.2) is 4.39 Å². The molecule has 2 aromatic rings. The number of amides is 3. The molecule has 0 bridgehead atoms. The molecule has 0 aromatic heterocycles. The number of carbonyl (C=O) groups excluding carboxylic acids is 3. The van der Waals surface area contributed by atoms with Gasteiger partial charge in [0.15, 0.2) is 0 Å². The van der Waals surface area contributed by atoms with Gasteiger partial charge < -0.3 is 20.3 Å². The Kier molecular flexibility index (Phi) is 8.00. The van der Waals surface area contributed by atoms with Crippen LogP contribution in [0.5, 0.6) is 5.75 Å². The first-order valence-corrected chi connectivity index (χ1v) is 12.2. The molecule has 2 N–H and O–H groups in total. The largest absolute Gasteiger partial charge is 0.497 e. The minimum atomic E-state index is -0.388. The van der Waals surface area contributed by atoms with E-state index in [-0.39, 0.29) is 41.5 Å². The quantitative estimate of drug-likeness (QED) is 0.661. The minimum absolute atomic E-state index is 0.0190. The predicted octanol–water partition coefficient (Wildman–Crippen LogP) is 3.54. The molecule has 2 aromatic carbocycles. The number of rotatable bonds is 6. The summed E-state index contributed by atoms with van der Waals surface area (Å²) in [5.74, 6) is -0.170. The van der Waals surface area contributed by atoms with Crippen LogP contribution in [0.1, 0.15) is 59.2 Å². The van der Waals surface area contributed by atoms with Crippen LogP contribution in [0, 0.1) is 11.7 Å². The molecule has 1 saturated carbocycles. The summed E-state index contributed by atoms with van der Waals surface area (Å²) in [7, 11) is 1.58. The summed E-state index contributed by atoms with van der Waals surface area (Å²) in [4.78, 5) is 40.2. The molecular weight excluding hydrogens is 449 g/mol. The van der Waals surface area contributed by atoms with Crippen molar-refractivity contribution in [1.29, 1.82) is 0 Å². The second-order valence-electron chi connectivity index (χ2n) is 9.28. The first-order chi connectivity index (χ1) is 16.9. The summed E-state index contributed by atoms with van der Waals surface area (Å²) < 4.78 is 18.3. The molecule has 35 heavy (non-hydrogen) atoms. The van der Waals surface area contributed by atoms with Crippen LogP contribution >= 0.6 is 0 Å². The van der Waals surface area contributed by atoms with Crippen molar-refractivity contribution in [3.05, 3.63) is 65.5 Å². The maximum Gasteiger partial charge on any atom is 0.253 e. The monoisotopic (exact) mass is 481 g/mol. The van der Waals surface area contributed by atoms with Gasteiger partial charge in [-0.2, -0.15) is 0 Å². The Balaban J connectivity index is 1.29. The first kappa shape index (κ1) is 24.7. The van der Waals surface area contributed by atoms with Crippen LogP contribution in [0.2, 0.25) is 0 Å². The van der Waals surface area contributed by atoms with Crippen LogP contribution in [0.4, 0.5) is 4.39 Å². The van der Waals surface area contributed by atoms with Gasteiger partial charge in [0.2, 0.25) is 5.91 Å². The number of methoxy groups -OCH3 is 1. The smallest absolute Gasteiger partial charge is 0.253 e. The SMILES string of the molecule is COc1ccc(C(=O)N2CCC(C(=O)NC3CCCC[C@H]3NC(=O)c3ccc(F)cc3)CC2)cc1. The topological polar surface area (TPSA) is 87.7 Å². The summed E-state index contributed by atoms with van der Waals surface area (Å²) in [5.41, 5.74) is 1.01. The zero-order valence-electron chi connectivity index (χ0n) is 20.0. The molecule has 4 rings (SSSR count). The summed E-state index contributed by atoms with van der Waals surface area (Å²) >= 11 is 0. The molecule has 8 heteroatoms. The van der Waals surface area contributed by atoms with E-state index < -0.39 is 0 Å². The fraction of sp³-hybridized carbons (Fsp3) is 0.444. The second-order valence-corrected chi connectivity index (χ2v) is 9.28. The fourth-order valence-electron chi connectivity index (χ4n) is 4.89. The number of nitrogens with one attached hydrogen (secondary N) is 2. The van der Waals surface area contributed by atoms with E-state index in [0.29, 0.717) is 42.8 Å². The number of likely N-dealkylation sites (tertiary alicyclic amines) is 1. The van der Waals surface area contributed by atoms with Crippen LogP contribution in [0.3, 0.4) is 0 Å². The van der Waals surface area contributed by atoms with Gasteiger partial charge in [-0.15, -0.1) is 0 Å². The highest BCUT2D eigenvalue weighted by atomic mass is 19.1. The normalized spacial score (nSPS) is 20.7. The Morgan fingerprint density at radius 3 is 2.00 bits per heavy atom. The zero-order valence-corrected chi connectivity index (χ0v) is 20.0. The van der Waals surface area contributed by atoms with Crippen LogP contribution in [0.25, 0.3) is 0 Å². The molecule has 186 valence electrons. The Labute approximate surface area is 205 Å². The molecule has 0 spiro atoms. The number of hydrogen-bond donors (Lipinski definition) is 2. The number of halogens is 1. The molecule has 1 unspecified atom stereocenters. The van der Waals surface area contributed by atoms with E-state index >= 15 is 0 Å². The van der Waals surface area contributed by atoms with Crippen molar-refractivity contribution in [1.82, 2.24) is 15.5 Å². The third-order valence-corrected chi connectivity index (χ3v) is 7.01. The van der Waals surface area contributed by atoms with Crippen molar-refractivity contribution in [3.8, 4) is 5.75 Å². The van der Waals surface area contributed by atoms with E-state index in [0.717, 1.165) is 25.7 Å². The van der Waals surface area contributed by atoms with Gasteiger partial charge in [0.05, 0.1) is 7.11 Å². The molecule has 1 heterocycles. The lowest BCUT2D eigenvalue weighted by Crippen LogP contribution is -2.55. The van der Waals surface area contributed by atoms with E-state index in [4.69, 9.17) is 4.74 Å². The molecule has 2 atom stereocenters. The van der Waals surface area contributed by atoms with Gasteiger partial charge in [0.1, 0.15) is 11.6 Å². The summed E-state index contributed by atoms with van der Waals surface area (Å²) in [5, 5.41) is 6.19. The molecule has 2 fully saturated rings. The number of carbonyl (C=O) groups is 3. The van der Waals surface area contributed by atoms with Gasteiger partial charge in [-0.1, -0.05) is 12.8 Å². The van der Waals surface area contributed by atoms with E-state index in [2.05, 4.69) is 10.6 Å². The number of benzene rings is 2. The predicted molar refractivity (Wildman–Crippen MR) is 130 cm³/mol. The van der Waals surface area contributed by atoms with E-state index in [9.17, 15) is 18.8 Å². The van der Waals surface area contributed by atoms with Crippen LogP contribution in [-0.2, 0) is 4.79 Å². The lowest BCUT2D eigenvalue weighted by atomic mass is 9.88. The minimum Gasteiger partial charge on any atom is -0.497 e.